The van der Waals surface area contributed by atoms with Gasteiger partial charge in [0, 0.05) is 19.3 Å². The van der Waals surface area contributed by atoms with Crippen molar-refractivity contribution in [3.63, 3.8) is 0 Å². The van der Waals surface area contributed by atoms with E-state index >= 15 is 0 Å². The van der Waals surface area contributed by atoms with Crippen LogP contribution in [0.5, 0.6) is 0 Å². The normalized spacial score (nSPS) is 20.8. The number of rotatable bonds is 4. The lowest BCUT2D eigenvalue weighted by atomic mass is 10.1. The van der Waals surface area contributed by atoms with Gasteiger partial charge in [-0.2, -0.15) is 5.10 Å². The van der Waals surface area contributed by atoms with Crippen LogP contribution < -0.4 is 5.32 Å². The van der Waals surface area contributed by atoms with E-state index < -0.39 is 0 Å². The SMILES string of the molecule is Cc1ccn(-c2ccc(NC(C)C3CN(C)CCO3)nn2)n1. The van der Waals surface area contributed by atoms with Crippen molar-refractivity contribution in [3.05, 3.63) is 30.1 Å². The number of hydrogen-bond donors (Lipinski definition) is 1. The van der Waals surface area contributed by atoms with Gasteiger partial charge in [-0.25, -0.2) is 4.68 Å². The molecule has 2 aromatic rings. The van der Waals surface area contributed by atoms with Crippen molar-refractivity contribution in [2.75, 3.05) is 32.1 Å². The summed E-state index contributed by atoms with van der Waals surface area (Å²) in [6, 6.07) is 5.94. The Morgan fingerprint density at radius 3 is 2.82 bits per heavy atom. The Labute approximate surface area is 130 Å². The minimum absolute atomic E-state index is 0.161. The number of anilines is 1. The van der Waals surface area contributed by atoms with Crippen LogP contribution in [0.2, 0.25) is 0 Å². The highest BCUT2D eigenvalue weighted by molar-refractivity contribution is 5.37. The molecule has 118 valence electrons. The number of aryl methyl sites for hydroxylation is 1. The first kappa shape index (κ1) is 14.9. The minimum Gasteiger partial charge on any atom is -0.373 e. The number of ether oxygens (including phenoxy) is 1. The van der Waals surface area contributed by atoms with Gasteiger partial charge in [0.2, 0.25) is 0 Å². The zero-order valence-electron chi connectivity index (χ0n) is 13.2. The Balaban J connectivity index is 1.63. The fraction of sp³-hybridized carbons (Fsp3) is 0.533. The lowest BCUT2D eigenvalue weighted by Crippen LogP contribution is -2.47. The third-order valence-corrected chi connectivity index (χ3v) is 3.84. The average molecular weight is 302 g/mol. The molecule has 0 bridgehead atoms. The third-order valence-electron chi connectivity index (χ3n) is 3.84. The number of likely N-dealkylation sites (N-methyl/N-ethyl adjacent to an activating group) is 1. The second-order valence-corrected chi connectivity index (χ2v) is 5.78. The maximum absolute atomic E-state index is 5.81. The predicted molar refractivity (Wildman–Crippen MR) is 84.2 cm³/mol. The molecule has 3 rings (SSSR count). The molecule has 1 aliphatic heterocycles. The van der Waals surface area contributed by atoms with Crippen molar-refractivity contribution in [1.82, 2.24) is 24.9 Å². The summed E-state index contributed by atoms with van der Waals surface area (Å²) in [5.74, 6) is 1.46. The molecule has 0 spiro atoms. The molecule has 22 heavy (non-hydrogen) atoms. The van der Waals surface area contributed by atoms with Crippen molar-refractivity contribution in [2.24, 2.45) is 0 Å². The molecule has 1 aliphatic rings. The van der Waals surface area contributed by atoms with Gasteiger partial charge in [-0.15, -0.1) is 10.2 Å². The quantitative estimate of drug-likeness (QED) is 0.912. The van der Waals surface area contributed by atoms with Crippen molar-refractivity contribution >= 4 is 5.82 Å². The number of morpholine rings is 1. The van der Waals surface area contributed by atoms with E-state index in [1.165, 1.54) is 0 Å². The van der Waals surface area contributed by atoms with Crippen LogP contribution in [0.15, 0.2) is 24.4 Å². The fourth-order valence-corrected chi connectivity index (χ4v) is 2.51. The van der Waals surface area contributed by atoms with Crippen LogP contribution in [0, 0.1) is 6.92 Å². The minimum atomic E-state index is 0.161. The van der Waals surface area contributed by atoms with Gasteiger partial charge in [-0.05, 0) is 39.1 Å². The van der Waals surface area contributed by atoms with Gasteiger partial charge >= 0.3 is 0 Å². The van der Waals surface area contributed by atoms with Crippen LogP contribution >= 0.6 is 0 Å². The summed E-state index contributed by atoms with van der Waals surface area (Å²) in [5, 5.41) is 16.1. The summed E-state index contributed by atoms with van der Waals surface area (Å²) in [6.45, 7) is 6.74. The maximum Gasteiger partial charge on any atom is 0.175 e. The monoisotopic (exact) mass is 302 g/mol. The van der Waals surface area contributed by atoms with Gasteiger partial charge in [0.25, 0.3) is 0 Å². The maximum atomic E-state index is 5.81. The van der Waals surface area contributed by atoms with Crippen LogP contribution in [0.25, 0.3) is 5.82 Å². The second-order valence-electron chi connectivity index (χ2n) is 5.78. The van der Waals surface area contributed by atoms with Crippen LogP contribution in [0.3, 0.4) is 0 Å². The molecule has 3 heterocycles. The van der Waals surface area contributed by atoms with E-state index in [1.807, 2.05) is 31.3 Å². The van der Waals surface area contributed by atoms with E-state index in [1.54, 1.807) is 4.68 Å². The zero-order chi connectivity index (χ0) is 15.5. The van der Waals surface area contributed by atoms with E-state index in [2.05, 4.69) is 39.5 Å². The Hall–Kier alpha value is -1.99. The van der Waals surface area contributed by atoms with Crippen LogP contribution in [0.4, 0.5) is 5.82 Å². The molecule has 7 heteroatoms. The third kappa shape index (κ3) is 3.42. The Morgan fingerprint density at radius 1 is 1.32 bits per heavy atom. The standard InChI is InChI=1S/C15H22N6O/c1-11-6-7-21(19-11)15-5-4-14(17-18-15)16-12(2)13-10-20(3)8-9-22-13/h4-7,12-13H,8-10H2,1-3H3,(H,16,17). The molecule has 0 amide bonds. The van der Waals surface area contributed by atoms with E-state index in [-0.39, 0.29) is 12.1 Å². The fourth-order valence-electron chi connectivity index (χ4n) is 2.51. The van der Waals surface area contributed by atoms with Gasteiger partial charge < -0.3 is 15.0 Å². The van der Waals surface area contributed by atoms with Gasteiger partial charge in [-0.3, -0.25) is 0 Å². The highest BCUT2D eigenvalue weighted by atomic mass is 16.5. The molecule has 1 saturated heterocycles. The number of nitrogens with one attached hydrogen (secondary N) is 1. The largest absolute Gasteiger partial charge is 0.373 e. The van der Waals surface area contributed by atoms with Crippen molar-refractivity contribution in [2.45, 2.75) is 26.0 Å². The molecule has 1 fully saturated rings. The number of nitrogens with zero attached hydrogens (tertiary/aromatic N) is 5. The molecule has 1 N–H and O–H groups in total. The van der Waals surface area contributed by atoms with Gasteiger partial charge in [-0.1, -0.05) is 0 Å². The Kier molecular flexibility index (Phi) is 4.35. The Morgan fingerprint density at radius 2 is 2.18 bits per heavy atom. The summed E-state index contributed by atoms with van der Waals surface area (Å²) >= 11 is 0. The first-order valence-corrected chi connectivity index (χ1v) is 7.55. The molecule has 0 aliphatic carbocycles. The van der Waals surface area contributed by atoms with E-state index in [0.717, 1.165) is 31.2 Å². The van der Waals surface area contributed by atoms with Crippen LogP contribution in [-0.4, -0.2) is 63.8 Å². The smallest absolute Gasteiger partial charge is 0.175 e. The number of hydrogen-bond acceptors (Lipinski definition) is 6. The first-order chi connectivity index (χ1) is 10.6. The van der Waals surface area contributed by atoms with E-state index in [9.17, 15) is 0 Å². The molecule has 0 radical (unpaired) electrons. The number of aromatic nitrogens is 4. The predicted octanol–water partition coefficient (Wildman–Crippen LogP) is 1.10. The van der Waals surface area contributed by atoms with Crippen molar-refractivity contribution in [1.29, 1.82) is 0 Å². The summed E-state index contributed by atoms with van der Waals surface area (Å²) in [7, 11) is 2.11. The lowest BCUT2D eigenvalue weighted by molar-refractivity contribution is -0.0260. The Bertz CT molecular complexity index is 611. The molecule has 7 nitrogen and oxygen atoms in total. The van der Waals surface area contributed by atoms with E-state index in [0.29, 0.717) is 5.82 Å². The zero-order valence-corrected chi connectivity index (χ0v) is 13.2. The summed E-state index contributed by atoms with van der Waals surface area (Å²) in [6.07, 6.45) is 2.04. The lowest BCUT2D eigenvalue weighted by Gasteiger charge is -2.34. The molecular weight excluding hydrogens is 280 g/mol. The molecule has 2 aromatic heterocycles. The molecule has 0 aromatic carbocycles. The van der Waals surface area contributed by atoms with Crippen molar-refractivity contribution < 1.29 is 4.74 Å². The average Bonchev–Trinajstić information content (AvgIpc) is 2.94. The summed E-state index contributed by atoms with van der Waals surface area (Å²) < 4.78 is 7.53. The summed E-state index contributed by atoms with van der Waals surface area (Å²) in [4.78, 5) is 2.28. The molecule has 2 unspecified atom stereocenters. The topological polar surface area (TPSA) is 68.1 Å². The molecule has 0 saturated carbocycles. The highest BCUT2D eigenvalue weighted by Gasteiger charge is 2.23. The second kappa shape index (κ2) is 6.41. The van der Waals surface area contributed by atoms with E-state index in [4.69, 9.17) is 4.74 Å². The van der Waals surface area contributed by atoms with Crippen LogP contribution in [0.1, 0.15) is 12.6 Å². The highest BCUT2D eigenvalue weighted by Crippen LogP contribution is 2.13. The molecular formula is C15H22N6O. The molecule has 2 atom stereocenters. The van der Waals surface area contributed by atoms with Gasteiger partial charge in [0.15, 0.2) is 5.82 Å². The van der Waals surface area contributed by atoms with Crippen LogP contribution in [-0.2, 0) is 4.74 Å². The van der Waals surface area contributed by atoms with Gasteiger partial charge in [0.1, 0.15) is 5.82 Å². The first-order valence-electron chi connectivity index (χ1n) is 7.55. The van der Waals surface area contributed by atoms with Gasteiger partial charge in [0.05, 0.1) is 24.4 Å². The van der Waals surface area contributed by atoms with Crippen molar-refractivity contribution in [3.8, 4) is 5.82 Å². The summed E-state index contributed by atoms with van der Waals surface area (Å²) in [5.41, 5.74) is 0.955.